The molecule has 0 aliphatic carbocycles. The van der Waals surface area contributed by atoms with Gasteiger partial charge in [0, 0.05) is 29.7 Å². The van der Waals surface area contributed by atoms with Crippen molar-refractivity contribution in [3.8, 4) is 11.5 Å². The van der Waals surface area contributed by atoms with Gasteiger partial charge in [-0.15, -0.1) is 11.3 Å². The van der Waals surface area contributed by atoms with E-state index in [4.69, 9.17) is 9.47 Å². The normalized spacial score (nSPS) is 11.6. The zero-order chi connectivity index (χ0) is 22.2. The summed E-state index contributed by atoms with van der Waals surface area (Å²) in [6.07, 6.45) is 3.42. The van der Waals surface area contributed by atoms with Crippen LogP contribution in [0.4, 0.5) is 5.69 Å². The summed E-state index contributed by atoms with van der Waals surface area (Å²) in [7, 11) is 1.55. The summed E-state index contributed by atoms with van der Waals surface area (Å²) in [6.45, 7) is 4.08. The van der Waals surface area contributed by atoms with Crippen LogP contribution in [0.5, 0.6) is 11.5 Å². The molecule has 0 saturated carbocycles. The minimum atomic E-state index is -0.684. The number of rotatable bonds is 9. The van der Waals surface area contributed by atoms with Crippen LogP contribution < -0.4 is 20.1 Å². The number of anilines is 1. The van der Waals surface area contributed by atoms with E-state index in [1.807, 2.05) is 31.4 Å². The molecule has 0 aliphatic rings. The highest BCUT2D eigenvalue weighted by molar-refractivity contribution is 7.12. The van der Waals surface area contributed by atoms with Crippen molar-refractivity contribution < 1.29 is 19.1 Å². The number of hydrogen-bond acceptors (Lipinski definition) is 6. The SMILES string of the molecule is COc1ccc(NC(=O)C(NC(=O)c2cccs2)C(C)C)cc1OCc1cccnc1. The van der Waals surface area contributed by atoms with Crippen molar-refractivity contribution in [3.05, 3.63) is 70.7 Å². The average Bonchev–Trinajstić information content (AvgIpc) is 3.31. The van der Waals surface area contributed by atoms with Crippen LogP contribution in [0.3, 0.4) is 0 Å². The summed E-state index contributed by atoms with van der Waals surface area (Å²) in [4.78, 5) is 30.0. The molecule has 2 N–H and O–H groups in total. The number of thiophene rings is 1. The number of amides is 2. The van der Waals surface area contributed by atoms with E-state index < -0.39 is 6.04 Å². The Balaban J connectivity index is 1.70. The molecule has 1 aromatic carbocycles. The third-order valence-electron chi connectivity index (χ3n) is 4.53. The Bertz CT molecular complexity index is 1010. The van der Waals surface area contributed by atoms with Crippen LogP contribution in [0, 0.1) is 5.92 Å². The molecule has 31 heavy (non-hydrogen) atoms. The van der Waals surface area contributed by atoms with Gasteiger partial charge in [0.15, 0.2) is 11.5 Å². The fraction of sp³-hybridized carbons (Fsp3) is 0.261. The van der Waals surface area contributed by atoms with Crippen LogP contribution in [0.2, 0.25) is 0 Å². The third kappa shape index (κ3) is 6.05. The molecule has 0 bridgehead atoms. The number of carbonyl (C=O) groups is 2. The van der Waals surface area contributed by atoms with Crippen molar-refractivity contribution in [2.24, 2.45) is 5.92 Å². The summed E-state index contributed by atoms with van der Waals surface area (Å²) in [5, 5.41) is 7.51. The molecule has 162 valence electrons. The minimum Gasteiger partial charge on any atom is -0.493 e. The van der Waals surface area contributed by atoms with E-state index in [1.165, 1.54) is 11.3 Å². The minimum absolute atomic E-state index is 0.0940. The van der Waals surface area contributed by atoms with Crippen molar-refractivity contribution >= 4 is 28.8 Å². The van der Waals surface area contributed by atoms with Gasteiger partial charge in [-0.2, -0.15) is 0 Å². The predicted octanol–water partition coefficient (Wildman–Crippen LogP) is 4.12. The number of nitrogens with zero attached hydrogens (tertiary/aromatic N) is 1. The topological polar surface area (TPSA) is 89.6 Å². The van der Waals surface area contributed by atoms with E-state index in [0.717, 1.165) is 5.56 Å². The van der Waals surface area contributed by atoms with Crippen molar-refractivity contribution in [2.75, 3.05) is 12.4 Å². The third-order valence-corrected chi connectivity index (χ3v) is 5.40. The fourth-order valence-electron chi connectivity index (χ4n) is 2.89. The summed E-state index contributed by atoms with van der Waals surface area (Å²) in [5.74, 6) is 0.381. The van der Waals surface area contributed by atoms with Gasteiger partial charge < -0.3 is 20.1 Å². The van der Waals surface area contributed by atoms with Crippen molar-refractivity contribution in [3.63, 3.8) is 0 Å². The number of pyridine rings is 1. The zero-order valence-corrected chi connectivity index (χ0v) is 18.4. The van der Waals surface area contributed by atoms with Crippen LogP contribution in [0.25, 0.3) is 0 Å². The monoisotopic (exact) mass is 439 g/mol. The van der Waals surface area contributed by atoms with Gasteiger partial charge in [0.1, 0.15) is 12.6 Å². The van der Waals surface area contributed by atoms with Gasteiger partial charge in [-0.25, -0.2) is 0 Å². The lowest BCUT2D eigenvalue weighted by molar-refractivity contribution is -0.118. The van der Waals surface area contributed by atoms with Crippen LogP contribution in [0.1, 0.15) is 29.1 Å². The summed E-state index contributed by atoms with van der Waals surface area (Å²) in [6, 6.07) is 11.7. The van der Waals surface area contributed by atoms with Crippen molar-refractivity contribution in [1.29, 1.82) is 0 Å². The number of benzene rings is 1. The Labute approximate surface area is 185 Å². The average molecular weight is 440 g/mol. The first-order chi connectivity index (χ1) is 15.0. The molecule has 7 nitrogen and oxygen atoms in total. The van der Waals surface area contributed by atoms with Gasteiger partial charge in [-0.1, -0.05) is 26.0 Å². The van der Waals surface area contributed by atoms with E-state index in [0.29, 0.717) is 28.7 Å². The van der Waals surface area contributed by atoms with Gasteiger partial charge in [0.05, 0.1) is 12.0 Å². The molecular formula is C23H25N3O4S. The molecule has 0 radical (unpaired) electrons. The highest BCUT2D eigenvalue weighted by Gasteiger charge is 2.25. The molecule has 1 atom stereocenters. The molecule has 0 fully saturated rings. The fourth-order valence-corrected chi connectivity index (χ4v) is 3.51. The first kappa shape index (κ1) is 22.3. The summed E-state index contributed by atoms with van der Waals surface area (Å²) >= 11 is 1.33. The van der Waals surface area contributed by atoms with E-state index >= 15 is 0 Å². The van der Waals surface area contributed by atoms with Gasteiger partial charge in [-0.3, -0.25) is 14.6 Å². The second-order valence-electron chi connectivity index (χ2n) is 7.18. The predicted molar refractivity (Wildman–Crippen MR) is 121 cm³/mol. The Morgan fingerprint density at radius 3 is 2.61 bits per heavy atom. The van der Waals surface area contributed by atoms with E-state index in [-0.39, 0.29) is 17.7 Å². The number of ether oxygens (including phenoxy) is 2. The Hall–Kier alpha value is -3.39. The molecule has 0 saturated heterocycles. The van der Waals surface area contributed by atoms with Gasteiger partial charge in [-0.05, 0) is 35.6 Å². The molecule has 3 aromatic rings. The van der Waals surface area contributed by atoms with E-state index in [9.17, 15) is 9.59 Å². The molecule has 0 aliphatic heterocycles. The van der Waals surface area contributed by atoms with Crippen LogP contribution in [0.15, 0.2) is 60.2 Å². The molecule has 1 unspecified atom stereocenters. The number of hydrogen-bond donors (Lipinski definition) is 2. The Morgan fingerprint density at radius 1 is 1.13 bits per heavy atom. The summed E-state index contributed by atoms with van der Waals surface area (Å²) in [5.41, 5.74) is 1.46. The molecule has 2 amide bonds. The van der Waals surface area contributed by atoms with Gasteiger partial charge in [0.25, 0.3) is 5.91 Å². The molecule has 8 heteroatoms. The molecule has 0 spiro atoms. The largest absolute Gasteiger partial charge is 0.493 e. The molecular weight excluding hydrogens is 414 g/mol. The quantitative estimate of drug-likeness (QED) is 0.523. The van der Waals surface area contributed by atoms with Crippen molar-refractivity contribution in [2.45, 2.75) is 26.5 Å². The van der Waals surface area contributed by atoms with Crippen molar-refractivity contribution in [1.82, 2.24) is 10.3 Å². The number of nitrogens with one attached hydrogen (secondary N) is 2. The maximum atomic E-state index is 12.9. The highest BCUT2D eigenvalue weighted by atomic mass is 32.1. The van der Waals surface area contributed by atoms with E-state index in [2.05, 4.69) is 15.6 Å². The van der Waals surface area contributed by atoms with Crippen LogP contribution in [-0.4, -0.2) is 29.9 Å². The highest BCUT2D eigenvalue weighted by Crippen LogP contribution is 2.31. The second kappa shape index (κ2) is 10.6. The van der Waals surface area contributed by atoms with Crippen LogP contribution in [-0.2, 0) is 11.4 Å². The van der Waals surface area contributed by atoms with Gasteiger partial charge >= 0.3 is 0 Å². The van der Waals surface area contributed by atoms with Crippen LogP contribution >= 0.6 is 11.3 Å². The maximum Gasteiger partial charge on any atom is 0.262 e. The lowest BCUT2D eigenvalue weighted by Gasteiger charge is -2.22. The maximum absolute atomic E-state index is 12.9. The number of methoxy groups -OCH3 is 1. The Kier molecular flexibility index (Phi) is 7.61. The first-order valence-electron chi connectivity index (χ1n) is 9.83. The lowest BCUT2D eigenvalue weighted by atomic mass is 10.0. The lowest BCUT2D eigenvalue weighted by Crippen LogP contribution is -2.46. The first-order valence-corrected chi connectivity index (χ1v) is 10.7. The zero-order valence-electron chi connectivity index (χ0n) is 17.6. The standard InChI is InChI=1S/C23H25N3O4S/c1-15(2)21(26-22(27)20-7-5-11-31-20)23(28)25-17-8-9-18(29-3)19(12-17)30-14-16-6-4-10-24-13-16/h4-13,15,21H,14H2,1-3H3,(H,25,28)(H,26,27). The number of aromatic nitrogens is 1. The molecule has 2 heterocycles. The second-order valence-corrected chi connectivity index (χ2v) is 8.12. The van der Waals surface area contributed by atoms with Gasteiger partial charge in [0.2, 0.25) is 5.91 Å². The summed E-state index contributed by atoms with van der Waals surface area (Å²) < 4.78 is 11.2. The smallest absolute Gasteiger partial charge is 0.262 e. The molecule has 3 rings (SSSR count). The molecule has 2 aromatic heterocycles. The Morgan fingerprint density at radius 2 is 1.97 bits per heavy atom. The number of carbonyl (C=O) groups excluding carboxylic acids is 2. The van der Waals surface area contributed by atoms with E-state index in [1.54, 1.807) is 49.8 Å².